The van der Waals surface area contributed by atoms with E-state index in [1.165, 1.54) is 18.4 Å². The van der Waals surface area contributed by atoms with E-state index < -0.39 is 0 Å². The van der Waals surface area contributed by atoms with E-state index in [-0.39, 0.29) is 4.92 Å². The Bertz CT molecular complexity index is 456. The Labute approximate surface area is 108 Å². The number of hydrogen-bond acceptors (Lipinski definition) is 2. The maximum Gasteiger partial charge on any atom is 0.247 e. The molecule has 1 aliphatic carbocycles. The van der Waals surface area contributed by atoms with Gasteiger partial charge in [0.1, 0.15) is 0 Å². The average molecular weight is 245 g/mol. The van der Waals surface area contributed by atoms with Crippen LogP contribution < -0.4 is 0 Å². The molecular formula is C15H19NO2. The Morgan fingerprint density at radius 3 is 2.44 bits per heavy atom. The highest BCUT2D eigenvalue weighted by Crippen LogP contribution is 2.39. The van der Waals surface area contributed by atoms with E-state index in [1.54, 1.807) is 6.08 Å². The summed E-state index contributed by atoms with van der Waals surface area (Å²) in [5.74, 6) is 1.03. The second-order valence-electron chi connectivity index (χ2n) is 5.43. The lowest BCUT2D eigenvalue weighted by Gasteiger charge is -2.03. The highest BCUT2D eigenvalue weighted by Gasteiger charge is 2.23. The molecule has 2 rings (SSSR count). The third kappa shape index (κ3) is 3.42. The van der Waals surface area contributed by atoms with Gasteiger partial charge in [-0.25, -0.2) is 0 Å². The van der Waals surface area contributed by atoms with E-state index in [0.717, 1.165) is 11.5 Å². The summed E-state index contributed by atoms with van der Waals surface area (Å²) in [5, 5.41) is 11.0. The molecule has 0 atom stereocenters. The predicted molar refractivity (Wildman–Crippen MR) is 72.8 cm³/mol. The van der Waals surface area contributed by atoms with Gasteiger partial charge in [-0.3, -0.25) is 10.1 Å². The summed E-state index contributed by atoms with van der Waals surface area (Å²) < 4.78 is 0. The summed E-state index contributed by atoms with van der Waals surface area (Å²) in [6.07, 6.45) is 4.76. The lowest BCUT2D eigenvalue weighted by molar-refractivity contribution is -0.427. The van der Waals surface area contributed by atoms with Crippen molar-refractivity contribution in [3.63, 3.8) is 0 Å². The molecule has 1 aliphatic rings. The molecule has 3 heteroatoms. The summed E-state index contributed by atoms with van der Waals surface area (Å²) in [6.45, 7) is 3.99. The molecule has 0 heterocycles. The molecule has 0 N–H and O–H groups in total. The van der Waals surface area contributed by atoms with Gasteiger partial charge in [0.2, 0.25) is 5.70 Å². The number of allylic oxidation sites excluding steroid dienone is 1. The van der Waals surface area contributed by atoms with Crippen LogP contribution in [0.25, 0.3) is 6.08 Å². The minimum Gasteiger partial charge on any atom is -0.259 e. The highest BCUT2D eigenvalue weighted by molar-refractivity contribution is 5.52. The Morgan fingerprint density at radius 2 is 2.00 bits per heavy atom. The first-order valence-electron chi connectivity index (χ1n) is 6.51. The summed E-state index contributed by atoms with van der Waals surface area (Å²) in [4.78, 5) is 10.7. The fourth-order valence-electron chi connectivity index (χ4n) is 2.08. The van der Waals surface area contributed by atoms with Gasteiger partial charge in [0.25, 0.3) is 0 Å². The Hall–Kier alpha value is -1.64. The average Bonchev–Trinajstić information content (AvgIpc) is 3.12. The molecular weight excluding hydrogens is 226 g/mol. The van der Waals surface area contributed by atoms with Gasteiger partial charge >= 0.3 is 0 Å². The van der Waals surface area contributed by atoms with E-state index >= 15 is 0 Å². The van der Waals surface area contributed by atoms with E-state index in [0.29, 0.717) is 18.0 Å². The van der Waals surface area contributed by atoms with Crippen molar-refractivity contribution in [1.82, 2.24) is 0 Å². The molecule has 0 saturated heterocycles. The van der Waals surface area contributed by atoms with Crippen molar-refractivity contribution >= 4 is 6.08 Å². The van der Waals surface area contributed by atoms with Gasteiger partial charge in [-0.2, -0.15) is 0 Å². The Kier molecular flexibility index (Phi) is 3.80. The number of nitrogens with zero attached hydrogens (tertiary/aromatic N) is 1. The largest absolute Gasteiger partial charge is 0.259 e. The molecule has 1 aromatic carbocycles. The monoisotopic (exact) mass is 245 g/mol. The van der Waals surface area contributed by atoms with Gasteiger partial charge in [-0.1, -0.05) is 38.1 Å². The number of rotatable bonds is 5. The van der Waals surface area contributed by atoms with Gasteiger partial charge in [0.15, 0.2) is 0 Å². The van der Waals surface area contributed by atoms with Crippen LogP contribution in [0.15, 0.2) is 30.0 Å². The van der Waals surface area contributed by atoms with Crippen LogP contribution in [0.3, 0.4) is 0 Å². The van der Waals surface area contributed by atoms with Crippen molar-refractivity contribution in [2.45, 2.75) is 39.0 Å². The third-order valence-corrected chi connectivity index (χ3v) is 3.17. The fourth-order valence-corrected chi connectivity index (χ4v) is 2.08. The van der Waals surface area contributed by atoms with Crippen LogP contribution in [0.5, 0.6) is 0 Å². The molecule has 0 amide bonds. The van der Waals surface area contributed by atoms with Crippen LogP contribution in [0.2, 0.25) is 0 Å². The van der Waals surface area contributed by atoms with E-state index in [4.69, 9.17) is 0 Å². The molecule has 0 unspecified atom stereocenters. The van der Waals surface area contributed by atoms with Crippen LogP contribution in [0.4, 0.5) is 0 Å². The molecule has 1 saturated carbocycles. The molecule has 1 aromatic rings. The number of benzene rings is 1. The molecule has 0 bridgehead atoms. The van der Waals surface area contributed by atoms with Crippen LogP contribution in [-0.2, 0) is 0 Å². The first-order chi connectivity index (χ1) is 8.56. The molecule has 18 heavy (non-hydrogen) atoms. The number of hydrogen-bond donors (Lipinski definition) is 0. The zero-order chi connectivity index (χ0) is 13.1. The maximum absolute atomic E-state index is 11.0. The first kappa shape index (κ1) is 12.8. The van der Waals surface area contributed by atoms with Crippen LogP contribution in [0, 0.1) is 16.0 Å². The maximum atomic E-state index is 11.0. The van der Waals surface area contributed by atoms with Crippen molar-refractivity contribution in [3.05, 3.63) is 51.2 Å². The standard InChI is InChI=1S/C15H19NO2/c1-11(2)9-15(16(17)18)10-12-3-5-13(6-4-12)14-7-8-14/h3-6,10-11,14H,7-9H2,1-2H3. The van der Waals surface area contributed by atoms with Crippen LogP contribution in [0.1, 0.15) is 50.2 Å². The van der Waals surface area contributed by atoms with Crippen LogP contribution >= 0.6 is 0 Å². The minimum absolute atomic E-state index is 0.269. The normalized spacial score (nSPS) is 16.1. The quantitative estimate of drug-likeness (QED) is 0.575. The fraction of sp³-hybridized carbons (Fsp3) is 0.467. The molecule has 0 radical (unpaired) electrons. The summed E-state index contributed by atoms with van der Waals surface area (Å²) in [7, 11) is 0. The van der Waals surface area contributed by atoms with Crippen molar-refractivity contribution in [1.29, 1.82) is 0 Å². The van der Waals surface area contributed by atoms with Crippen molar-refractivity contribution in [2.75, 3.05) is 0 Å². The van der Waals surface area contributed by atoms with E-state index in [2.05, 4.69) is 12.1 Å². The zero-order valence-corrected chi connectivity index (χ0v) is 10.9. The van der Waals surface area contributed by atoms with Gasteiger partial charge in [0, 0.05) is 12.5 Å². The molecule has 0 aliphatic heterocycles. The summed E-state index contributed by atoms with van der Waals surface area (Å²) in [5.41, 5.74) is 2.58. The van der Waals surface area contributed by atoms with Crippen LogP contribution in [-0.4, -0.2) is 4.92 Å². The van der Waals surface area contributed by atoms with E-state index in [9.17, 15) is 10.1 Å². The van der Waals surface area contributed by atoms with E-state index in [1.807, 2.05) is 26.0 Å². The summed E-state index contributed by atoms with van der Waals surface area (Å²) >= 11 is 0. The predicted octanol–water partition coefficient (Wildman–Crippen LogP) is 4.23. The molecule has 3 nitrogen and oxygen atoms in total. The topological polar surface area (TPSA) is 43.1 Å². The van der Waals surface area contributed by atoms with Gasteiger partial charge in [0.05, 0.1) is 4.92 Å². The zero-order valence-electron chi connectivity index (χ0n) is 10.9. The van der Waals surface area contributed by atoms with Crippen molar-refractivity contribution < 1.29 is 4.92 Å². The molecule has 96 valence electrons. The second kappa shape index (κ2) is 5.34. The Morgan fingerprint density at radius 1 is 1.39 bits per heavy atom. The molecule has 0 spiro atoms. The summed E-state index contributed by atoms with van der Waals surface area (Å²) in [6, 6.07) is 8.15. The smallest absolute Gasteiger partial charge is 0.247 e. The third-order valence-electron chi connectivity index (χ3n) is 3.17. The lowest BCUT2D eigenvalue weighted by Crippen LogP contribution is -2.02. The SMILES string of the molecule is CC(C)CC(=Cc1ccc(C2CC2)cc1)[N+](=O)[O-]. The van der Waals surface area contributed by atoms with Crippen molar-refractivity contribution in [3.8, 4) is 0 Å². The molecule has 1 fully saturated rings. The lowest BCUT2D eigenvalue weighted by atomic mass is 10.0. The van der Waals surface area contributed by atoms with Gasteiger partial charge < -0.3 is 0 Å². The minimum atomic E-state index is -0.269. The second-order valence-corrected chi connectivity index (χ2v) is 5.43. The molecule has 0 aromatic heterocycles. The van der Waals surface area contributed by atoms with Gasteiger partial charge in [-0.15, -0.1) is 0 Å². The Balaban J connectivity index is 2.15. The highest BCUT2D eigenvalue weighted by atomic mass is 16.6. The first-order valence-corrected chi connectivity index (χ1v) is 6.51. The van der Waals surface area contributed by atoms with Crippen molar-refractivity contribution in [2.24, 2.45) is 5.92 Å². The van der Waals surface area contributed by atoms with Gasteiger partial charge in [-0.05, 0) is 35.8 Å². The number of nitro groups is 1.